The van der Waals surface area contributed by atoms with Crippen LogP contribution in [-0.4, -0.2) is 21.1 Å². The van der Waals surface area contributed by atoms with Crippen molar-refractivity contribution in [1.29, 1.82) is 0 Å². The van der Waals surface area contributed by atoms with Gasteiger partial charge in [0.25, 0.3) is 5.69 Å². The van der Waals surface area contributed by atoms with Crippen LogP contribution < -0.4 is 0 Å². The number of carbonyl (C=O) groups excluding carboxylic acids is 1. The second kappa shape index (κ2) is 7.08. The summed E-state index contributed by atoms with van der Waals surface area (Å²) in [6, 6.07) is 9.90. The lowest BCUT2D eigenvalue weighted by Crippen LogP contribution is -2.01. The zero-order valence-corrected chi connectivity index (χ0v) is 11.9. The van der Waals surface area contributed by atoms with Crippen LogP contribution in [0.25, 0.3) is 6.08 Å². The number of benzene rings is 2. The molecule has 0 aromatic heterocycles. The first-order valence-electron chi connectivity index (χ1n) is 6.56. The van der Waals surface area contributed by atoms with Crippen LogP contribution in [0.4, 0.5) is 5.69 Å². The molecule has 0 unspecified atom stereocenters. The van der Waals surface area contributed by atoms with Crippen molar-refractivity contribution >= 4 is 17.7 Å². The first-order chi connectivity index (χ1) is 11.0. The van der Waals surface area contributed by atoms with E-state index in [0.717, 1.165) is 6.08 Å². The molecule has 0 saturated carbocycles. The Labute approximate surface area is 131 Å². The monoisotopic (exact) mass is 315 g/mol. The molecule has 2 aromatic carbocycles. The van der Waals surface area contributed by atoms with Gasteiger partial charge in [0.05, 0.1) is 4.92 Å². The van der Waals surface area contributed by atoms with E-state index in [-0.39, 0.29) is 23.8 Å². The molecular formula is C16H13NO6. The predicted molar refractivity (Wildman–Crippen MR) is 81.7 cm³/mol. The molecule has 118 valence electrons. The van der Waals surface area contributed by atoms with Gasteiger partial charge in [0.2, 0.25) is 0 Å². The lowest BCUT2D eigenvalue weighted by molar-refractivity contribution is -0.384. The molecule has 0 heterocycles. The van der Waals surface area contributed by atoms with Gasteiger partial charge in [-0.05, 0) is 29.3 Å². The minimum absolute atomic E-state index is 0.0753. The molecule has 0 aliphatic rings. The number of rotatable bonds is 5. The summed E-state index contributed by atoms with van der Waals surface area (Å²) < 4.78 is 4.98. The van der Waals surface area contributed by atoms with Crippen molar-refractivity contribution in [3.63, 3.8) is 0 Å². The first kappa shape index (κ1) is 16.0. The molecule has 2 aromatic rings. The molecule has 2 N–H and O–H groups in total. The standard InChI is InChI=1S/C16H13NO6/c18-14-6-4-11(9-15(14)19)5-7-16(20)23-10-12-2-1-3-13(8-12)17(21)22/h1-9,18-19H,10H2/b7-5+. The SMILES string of the molecule is O=C(/C=C/c1ccc(O)c(O)c1)OCc1cccc([N+](=O)[O-])c1. The number of non-ortho nitro benzene ring substituents is 1. The molecule has 0 spiro atoms. The zero-order valence-electron chi connectivity index (χ0n) is 11.9. The second-order valence-corrected chi connectivity index (χ2v) is 4.62. The number of aromatic hydroxyl groups is 2. The normalized spacial score (nSPS) is 10.6. The molecule has 0 radical (unpaired) electrons. The van der Waals surface area contributed by atoms with Crippen molar-refractivity contribution in [1.82, 2.24) is 0 Å². The van der Waals surface area contributed by atoms with E-state index < -0.39 is 10.9 Å². The molecule has 0 aliphatic carbocycles. The van der Waals surface area contributed by atoms with Gasteiger partial charge in [-0.2, -0.15) is 0 Å². The summed E-state index contributed by atoms with van der Waals surface area (Å²) in [5, 5.41) is 29.2. The van der Waals surface area contributed by atoms with Gasteiger partial charge in [0.1, 0.15) is 6.61 Å². The van der Waals surface area contributed by atoms with Gasteiger partial charge in [-0.15, -0.1) is 0 Å². The fraction of sp³-hybridized carbons (Fsp3) is 0.0625. The Morgan fingerprint density at radius 3 is 2.65 bits per heavy atom. The van der Waals surface area contributed by atoms with Crippen LogP contribution in [0, 0.1) is 10.1 Å². The van der Waals surface area contributed by atoms with Crippen molar-refractivity contribution < 1.29 is 24.7 Å². The van der Waals surface area contributed by atoms with Crippen molar-refractivity contribution in [3.05, 3.63) is 69.8 Å². The van der Waals surface area contributed by atoms with Crippen LogP contribution in [-0.2, 0) is 16.1 Å². The summed E-state index contributed by atoms with van der Waals surface area (Å²) in [7, 11) is 0. The molecule has 7 heteroatoms. The number of nitro benzene ring substituents is 1. The molecule has 23 heavy (non-hydrogen) atoms. The van der Waals surface area contributed by atoms with Crippen LogP contribution in [0.15, 0.2) is 48.5 Å². The minimum Gasteiger partial charge on any atom is -0.504 e. The Bertz CT molecular complexity index is 769. The molecule has 0 fully saturated rings. The maximum Gasteiger partial charge on any atom is 0.331 e. The van der Waals surface area contributed by atoms with Crippen LogP contribution in [0.1, 0.15) is 11.1 Å². The molecule has 0 amide bonds. The third kappa shape index (κ3) is 4.57. The van der Waals surface area contributed by atoms with E-state index in [1.165, 1.54) is 42.5 Å². The highest BCUT2D eigenvalue weighted by Crippen LogP contribution is 2.25. The van der Waals surface area contributed by atoms with E-state index in [1.54, 1.807) is 6.07 Å². The molecule has 0 atom stereocenters. The number of esters is 1. The second-order valence-electron chi connectivity index (χ2n) is 4.62. The lowest BCUT2D eigenvalue weighted by Gasteiger charge is -2.02. The molecule has 7 nitrogen and oxygen atoms in total. The topological polar surface area (TPSA) is 110 Å². The summed E-state index contributed by atoms with van der Waals surface area (Å²) in [6.45, 7) is -0.0916. The van der Waals surface area contributed by atoms with Crippen molar-refractivity contribution in [2.45, 2.75) is 6.61 Å². The Hall–Kier alpha value is -3.35. The van der Waals surface area contributed by atoms with Gasteiger partial charge in [0.15, 0.2) is 11.5 Å². The van der Waals surface area contributed by atoms with Crippen LogP contribution in [0.5, 0.6) is 11.5 Å². The van der Waals surface area contributed by atoms with Crippen LogP contribution in [0.3, 0.4) is 0 Å². The maximum atomic E-state index is 11.6. The number of nitro groups is 1. The van der Waals surface area contributed by atoms with E-state index in [2.05, 4.69) is 0 Å². The van der Waals surface area contributed by atoms with E-state index in [0.29, 0.717) is 11.1 Å². The van der Waals surface area contributed by atoms with Crippen LogP contribution in [0.2, 0.25) is 0 Å². The largest absolute Gasteiger partial charge is 0.504 e. The Morgan fingerprint density at radius 2 is 1.96 bits per heavy atom. The summed E-state index contributed by atoms with van der Waals surface area (Å²) >= 11 is 0. The Balaban J connectivity index is 1.94. The van der Waals surface area contributed by atoms with Gasteiger partial charge >= 0.3 is 5.97 Å². The van der Waals surface area contributed by atoms with E-state index in [9.17, 15) is 25.1 Å². The van der Waals surface area contributed by atoms with E-state index in [4.69, 9.17) is 4.74 Å². The zero-order chi connectivity index (χ0) is 16.8. The maximum absolute atomic E-state index is 11.6. The number of ether oxygens (including phenoxy) is 1. The summed E-state index contributed by atoms with van der Waals surface area (Å²) in [4.78, 5) is 21.7. The van der Waals surface area contributed by atoms with Crippen molar-refractivity contribution in [2.24, 2.45) is 0 Å². The lowest BCUT2D eigenvalue weighted by atomic mass is 10.2. The van der Waals surface area contributed by atoms with Gasteiger partial charge in [-0.1, -0.05) is 18.2 Å². The van der Waals surface area contributed by atoms with Crippen molar-refractivity contribution in [2.75, 3.05) is 0 Å². The van der Waals surface area contributed by atoms with Crippen LogP contribution >= 0.6 is 0 Å². The highest BCUT2D eigenvalue weighted by Gasteiger charge is 2.07. The highest BCUT2D eigenvalue weighted by atomic mass is 16.6. The number of hydrogen-bond acceptors (Lipinski definition) is 6. The van der Waals surface area contributed by atoms with E-state index >= 15 is 0 Å². The predicted octanol–water partition coefficient (Wildman–Crippen LogP) is 2.76. The number of nitrogens with zero attached hydrogens (tertiary/aromatic N) is 1. The third-order valence-corrected chi connectivity index (χ3v) is 2.91. The molecule has 0 aliphatic heterocycles. The average Bonchev–Trinajstić information content (AvgIpc) is 2.54. The Morgan fingerprint density at radius 1 is 1.17 bits per heavy atom. The molecule has 2 rings (SSSR count). The number of carbonyl (C=O) groups is 1. The molecule has 0 saturated heterocycles. The van der Waals surface area contributed by atoms with Crippen molar-refractivity contribution in [3.8, 4) is 11.5 Å². The number of hydrogen-bond donors (Lipinski definition) is 2. The first-order valence-corrected chi connectivity index (χ1v) is 6.56. The number of phenolic OH excluding ortho intramolecular Hbond substituents is 2. The highest BCUT2D eigenvalue weighted by molar-refractivity contribution is 5.87. The van der Waals surface area contributed by atoms with Gasteiger partial charge in [0, 0.05) is 18.2 Å². The summed E-state index contributed by atoms with van der Waals surface area (Å²) in [6.07, 6.45) is 2.57. The van der Waals surface area contributed by atoms with Gasteiger partial charge < -0.3 is 14.9 Å². The number of phenols is 2. The smallest absolute Gasteiger partial charge is 0.331 e. The fourth-order valence-electron chi connectivity index (χ4n) is 1.77. The van der Waals surface area contributed by atoms with Gasteiger partial charge in [-0.25, -0.2) is 4.79 Å². The summed E-state index contributed by atoms with van der Waals surface area (Å²) in [5.41, 5.74) is 0.935. The minimum atomic E-state index is -0.635. The summed E-state index contributed by atoms with van der Waals surface area (Å²) in [5.74, 6) is -1.18. The molecular weight excluding hydrogens is 302 g/mol. The average molecular weight is 315 g/mol. The van der Waals surface area contributed by atoms with Gasteiger partial charge in [-0.3, -0.25) is 10.1 Å². The third-order valence-electron chi connectivity index (χ3n) is 2.91. The van der Waals surface area contributed by atoms with E-state index in [1.807, 2.05) is 0 Å². The Kier molecular flexibility index (Phi) is 4.93. The quantitative estimate of drug-likeness (QED) is 0.288. The fourth-order valence-corrected chi connectivity index (χ4v) is 1.77. The molecule has 0 bridgehead atoms.